The molecule has 0 bridgehead atoms. The van der Waals surface area contributed by atoms with Gasteiger partial charge in [-0.25, -0.2) is 4.79 Å². The Kier molecular flexibility index (Phi) is 4.28. The second-order valence-corrected chi connectivity index (χ2v) is 7.66. The molecule has 1 aliphatic carbocycles. The van der Waals surface area contributed by atoms with Crippen LogP contribution in [0.3, 0.4) is 0 Å². The van der Waals surface area contributed by atoms with E-state index in [2.05, 4.69) is 17.0 Å². The Morgan fingerprint density at radius 1 is 1.00 bits per heavy atom. The smallest absolute Gasteiger partial charge is 0.408 e. The SMILES string of the molecule is O=C(Cn1c(=O)oc2ccccc21)N1CCN(C2CC2)CC1c1ccccc1. The molecule has 5 rings (SSSR count). The number of benzene rings is 2. The molecular weight excluding hydrogens is 354 g/mol. The van der Waals surface area contributed by atoms with Gasteiger partial charge in [-0.3, -0.25) is 14.3 Å². The number of oxazole rings is 1. The fraction of sp³-hybridized carbons (Fsp3) is 0.364. The number of nitrogens with zero attached hydrogens (tertiary/aromatic N) is 3. The molecule has 1 saturated heterocycles. The Morgan fingerprint density at radius 3 is 2.54 bits per heavy atom. The van der Waals surface area contributed by atoms with Crippen molar-refractivity contribution in [1.82, 2.24) is 14.4 Å². The molecule has 3 aromatic rings. The lowest BCUT2D eigenvalue weighted by molar-refractivity contribution is -0.137. The lowest BCUT2D eigenvalue weighted by Crippen LogP contribution is -2.52. The van der Waals surface area contributed by atoms with Crippen molar-refractivity contribution in [3.8, 4) is 0 Å². The van der Waals surface area contributed by atoms with Crippen LogP contribution in [0.2, 0.25) is 0 Å². The summed E-state index contributed by atoms with van der Waals surface area (Å²) in [7, 11) is 0. The molecule has 1 amide bonds. The van der Waals surface area contributed by atoms with Crippen molar-refractivity contribution < 1.29 is 9.21 Å². The molecule has 1 aromatic heterocycles. The number of piperazine rings is 1. The molecule has 2 aliphatic rings. The van der Waals surface area contributed by atoms with Crippen LogP contribution in [-0.4, -0.2) is 46.0 Å². The maximum absolute atomic E-state index is 13.2. The third kappa shape index (κ3) is 3.14. The van der Waals surface area contributed by atoms with Gasteiger partial charge in [0.05, 0.1) is 11.6 Å². The molecule has 28 heavy (non-hydrogen) atoms. The molecule has 1 unspecified atom stereocenters. The number of hydrogen-bond acceptors (Lipinski definition) is 4. The highest BCUT2D eigenvalue weighted by Gasteiger charge is 2.37. The van der Waals surface area contributed by atoms with E-state index in [1.54, 1.807) is 6.07 Å². The van der Waals surface area contributed by atoms with Gasteiger partial charge in [-0.05, 0) is 30.5 Å². The number of amides is 1. The molecule has 6 nitrogen and oxygen atoms in total. The number of hydrogen-bond donors (Lipinski definition) is 0. The molecule has 0 radical (unpaired) electrons. The molecule has 144 valence electrons. The average Bonchev–Trinajstić information content (AvgIpc) is 3.53. The minimum Gasteiger partial charge on any atom is -0.408 e. The van der Waals surface area contributed by atoms with Crippen molar-refractivity contribution in [2.75, 3.05) is 19.6 Å². The number of carbonyl (C=O) groups excluding carboxylic acids is 1. The Hall–Kier alpha value is -2.86. The van der Waals surface area contributed by atoms with E-state index >= 15 is 0 Å². The van der Waals surface area contributed by atoms with Gasteiger partial charge in [0.15, 0.2) is 5.58 Å². The standard InChI is InChI=1S/C22H23N3O3/c26-21(15-25-18-8-4-5-9-20(18)28-22(25)27)24-13-12-23(17-10-11-17)14-19(24)16-6-2-1-3-7-16/h1-9,17,19H,10-15H2. The van der Waals surface area contributed by atoms with Gasteiger partial charge >= 0.3 is 5.76 Å². The summed E-state index contributed by atoms with van der Waals surface area (Å²) in [6.45, 7) is 2.42. The predicted octanol–water partition coefficient (Wildman–Crippen LogP) is 2.64. The molecule has 2 fully saturated rings. The van der Waals surface area contributed by atoms with E-state index in [1.165, 1.54) is 17.4 Å². The minimum atomic E-state index is -0.484. The fourth-order valence-electron chi connectivity index (χ4n) is 4.22. The van der Waals surface area contributed by atoms with Crippen molar-refractivity contribution in [3.05, 3.63) is 70.7 Å². The summed E-state index contributed by atoms with van der Waals surface area (Å²) in [5.74, 6) is -0.527. The van der Waals surface area contributed by atoms with Gasteiger partial charge in [0.25, 0.3) is 0 Å². The molecule has 1 atom stereocenters. The molecule has 1 aliphatic heterocycles. The van der Waals surface area contributed by atoms with Crippen LogP contribution in [0.25, 0.3) is 11.1 Å². The molecule has 6 heteroatoms. The maximum Gasteiger partial charge on any atom is 0.420 e. The first kappa shape index (κ1) is 17.3. The van der Waals surface area contributed by atoms with E-state index in [0.717, 1.165) is 18.7 Å². The summed E-state index contributed by atoms with van der Waals surface area (Å²) >= 11 is 0. The number of fused-ring (bicyclic) bond motifs is 1. The monoisotopic (exact) mass is 377 g/mol. The summed E-state index contributed by atoms with van der Waals surface area (Å²) in [5, 5.41) is 0. The van der Waals surface area contributed by atoms with E-state index < -0.39 is 5.76 Å². The Labute approximate surface area is 163 Å². The summed E-state index contributed by atoms with van der Waals surface area (Å²) in [6.07, 6.45) is 2.51. The zero-order valence-corrected chi connectivity index (χ0v) is 15.7. The molecular formula is C22H23N3O3. The largest absolute Gasteiger partial charge is 0.420 e. The summed E-state index contributed by atoms with van der Waals surface area (Å²) in [6, 6.07) is 18.1. The first-order valence-electron chi connectivity index (χ1n) is 9.87. The zero-order valence-electron chi connectivity index (χ0n) is 15.7. The van der Waals surface area contributed by atoms with Crippen LogP contribution in [0.4, 0.5) is 0 Å². The van der Waals surface area contributed by atoms with E-state index in [9.17, 15) is 9.59 Å². The topological polar surface area (TPSA) is 58.7 Å². The van der Waals surface area contributed by atoms with Crippen LogP contribution in [0.5, 0.6) is 0 Å². The predicted molar refractivity (Wildman–Crippen MR) is 106 cm³/mol. The van der Waals surface area contributed by atoms with Crippen LogP contribution in [0.1, 0.15) is 24.4 Å². The van der Waals surface area contributed by atoms with Gasteiger partial charge < -0.3 is 9.32 Å². The zero-order chi connectivity index (χ0) is 19.1. The highest BCUT2D eigenvalue weighted by molar-refractivity contribution is 5.80. The van der Waals surface area contributed by atoms with E-state index in [4.69, 9.17) is 4.42 Å². The van der Waals surface area contributed by atoms with Crippen molar-refractivity contribution in [2.45, 2.75) is 31.5 Å². The number of carbonyl (C=O) groups is 1. The first-order valence-corrected chi connectivity index (χ1v) is 9.87. The highest BCUT2D eigenvalue weighted by atomic mass is 16.4. The highest BCUT2D eigenvalue weighted by Crippen LogP contribution is 2.33. The lowest BCUT2D eigenvalue weighted by Gasteiger charge is -2.42. The fourth-order valence-corrected chi connectivity index (χ4v) is 4.22. The van der Waals surface area contributed by atoms with Gasteiger partial charge in [0, 0.05) is 25.7 Å². The Morgan fingerprint density at radius 2 is 1.75 bits per heavy atom. The van der Waals surface area contributed by atoms with Gasteiger partial charge in [0.2, 0.25) is 5.91 Å². The van der Waals surface area contributed by atoms with Crippen molar-refractivity contribution in [3.63, 3.8) is 0 Å². The van der Waals surface area contributed by atoms with Gasteiger partial charge in [0.1, 0.15) is 6.54 Å². The number of para-hydroxylation sites is 2. The van der Waals surface area contributed by atoms with Crippen LogP contribution in [0, 0.1) is 0 Å². The third-order valence-corrected chi connectivity index (χ3v) is 5.85. The average molecular weight is 377 g/mol. The number of aromatic nitrogens is 1. The third-order valence-electron chi connectivity index (χ3n) is 5.85. The van der Waals surface area contributed by atoms with Crippen molar-refractivity contribution in [2.24, 2.45) is 0 Å². The Bertz CT molecular complexity index is 1050. The molecule has 2 aromatic carbocycles. The molecule has 0 N–H and O–H groups in total. The second-order valence-electron chi connectivity index (χ2n) is 7.66. The number of rotatable bonds is 4. The van der Waals surface area contributed by atoms with Crippen LogP contribution < -0.4 is 5.76 Å². The van der Waals surface area contributed by atoms with Gasteiger partial charge in [-0.1, -0.05) is 42.5 Å². The lowest BCUT2D eigenvalue weighted by atomic mass is 10.0. The maximum atomic E-state index is 13.2. The van der Waals surface area contributed by atoms with Crippen LogP contribution >= 0.6 is 0 Å². The normalized spacial score (nSPS) is 20.6. The summed E-state index contributed by atoms with van der Waals surface area (Å²) in [4.78, 5) is 30.0. The quantitative estimate of drug-likeness (QED) is 0.701. The Balaban J connectivity index is 1.43. The van der Waals surface area contributed by atoms with E-state index in [0.29, 0.717) is 23.7 Å². The van der Waals surface area contributed by atoms with Gasteiger partial charge in [-0.15, -0.1) is 0 Å². The van der Waals surface area contributed by atoms with E-state index in [-0.39, 0.29) is 18.5 Å². The van der Waals surface area contributed by atoms with Crippen LogP contribution in [0.15, 0.2) is 63.8 Å². The van der Waals surface area contributed by atoms with Crippen molar-refractivity contribution >= 4 is 17.0 Å². The summed E-state index contributed by atoms with van der Waals surface area (Å²) < 4.78 is 6.72. The molecule has 2 heterocycles. The van der Waals surface area contributed by atoms with Crippen LogP contribution in [-0.2, 0) is 11.3 Å². The minimum absolute atomic E-state index is 0.00259. The second kappa shape index (κ2) is 6.95. The molecule has 0 spiro atoms. The summed E-state index contributed by atoms with van der Waals surface area (Å²) in [5.41, 5.74) is 2.32. The van der Waals surface area contributed by atoms with Crippen molar-refractivity contribution in [1.29, 1.82) is 0 Å². The van der Waals surface area contributed by atoms with Gasteiger partial charge in [-0.2, -0.15) is 0 Å². The molecule has 1 saturated carbocycles. The van der Waals surface area contributed by atoms with E-state index in [1.807, 2.05) is 41.3 Å². The first-order chi connectivity index (χ1) is 13.7.